The van der Waals surface area contributed by atoms with Crippen LogP contribution in [0, 0.1) is 11.6 Å². The van der Waals surface area contributed by atoms with E-state index in [-0.39, 0.29) is 17.9 Å². The van der Waals surface area contributed by atoms with Gasteiger partial charge in [0.1, 0.15) is 6.04 Å². The quantitative estimate of drug-likeness (QED) is 0.779. The van der Waals surface area contributed by atoms with Crippen LogP contribution in [-0.2, 0) is 20.8 Å². The number of benzene rings is 2. The van der Waals surface area contributed by atoms with Crippen LogP contribution >= 0.6 is 0 Å². The summed E-state index contributed by atoms with van der Waals surface area (Å²) in [5, 5.41) is 4.95. The molecule has 1 aliphatic heterocycles. The highest BCUT2D eigenvalue weighted by molar-refractivity contribution is 5.95. The molecule has 2 aromatic rings. The summed E-state index contributed by atoms with van der Waals surface area (Å²) >= 11 is 0. The Hall–Kier alpha value is -3.29. The normalized spacial score (nSPS) is 14.6. The van der Waals surface area contributed by atoms with Crippen LogP contribution in [0.25, 0.3) is 0 Å². The molecule has 6 nitrogen and oxygen atoms in total. The number of carbonyl (C=O) groups excluding carboxylic acids is 3. The topological polar surface area (TPSA) is 78.5 Å². The molecular formula is C21H21F2N3O3. The summed E-state index contributed by atoms with van der Waals surface area (Å²) < 4.78 is 26.7. The van der Waals surface area contributed by atoms with Gasteiger partial charge in [-0.25, -0.2) is 8.78 Å². The second-order valence-corrected chi connectivity index (χ2v) is 6.78. The fourth-order valence-corrected chi connectivity index (χ4v) is 3.25. The lowest BCUT2D eigenvalue weighted by molar-refractivity contribution is -0.128. The Morgan fingerprint density at radius 1 is 1.10 bits per heavy atom. The van der Waals surface area contributed by atoms with Crippen LogP contribution in [0.15, 0.2) is 42.5 Å². The van der Waals surface area contributed by atoms with Crippen molar-refractivity contribution in [2.75, 3.05) is 18.5 Å². The zero-order valence-electron chi connectivity index (χ0n) is 15.9. The lowest BCUT2D eigenvalue weighted by atomic mass is 10.0. The van der Waals surface area contributed by atoms with Gasteiger partial charge < -0.3 is 15.5 Å². The van der Waals surface area contributed by atoms with Crippen LogP contribution in [0.2, 0.25) is 0 Å². The van der Waals surface area contributed by atoms with Gasteiger partial charge in [0.05, 0.1) is 6.42 Å². The van der Waals surface area contributed by atoms with Crippen LogP contribution < -0.4 is 15.5 Å². The molecule has 0 aromatic heterocycles. The number of halogens is 2. The Morgan fingerprint density at radius 2 is 1.83 bits per heavy atom. The van der Waals surface area contributed by atoms with Gasteiger partial charge in [0.25, 0.3) is 0 Å². The summed E-state index contributed by atoms with van der Waals surface area (Å²) in [7, 11) is 1.39. The summed E-state index contributed by atoms with van der Waals surface area (Å²) in [6.07, 6.45) is 1.36. The summed E-state index contributed by atoms with van der Waals surface area (Å²) in [4.78, 5) is 38.1. The third-order valence-corrected chi connectivity index (χ3v) is 4.78. The molecule has 0 spiro atoms. The maximum Gasteiger partial charge on any atom is 0.246 e. The van der Waals surface area contributed by atoms with Crippen LogP contribution in [0.1, 0.15) is 30.0 Å². The van der Waals surface area contributed by atoms with E-state index >= 15 is 0 Å². The van der Waals surface area contributed by atoms with Crippen molar-refractivity contribution in [1.82, 2.24) is 10.6 Å². The third kappa shape index (κ3) is 4.77. The van der Waals surface area contributed by atoms with E-state index in [1.54, 1.807) is 29.2 Å². The van der Waals surface area contributed by atoms with Crippen molar-refractivity contribution in [2.24, 2.45) is 0 Å². The number of nitrogens with one attached hydrogen (secondary N) is 2. The van der Waals surface area contributed by atoms with Gasteiger partial charge in [0.2, 0.25) is 17.7 Å². The van der Waals surface area contributed by atoms with E-state index in [0.29, 0.717) is 18.5 Å². The molecule has 1 unspecified atom stereocenters. The number of rotatable bonds is 6. The number of hydrogen-bond acceptors (Lipinski definition) is 3. The van der Waals surface area contributed by atoms with Crippen LogP contribution in [0.3, 0.4) is 0 Å². The molecular weight excluding hydrogens is 380 g/mol. The SMILES string of the molecule is CNC(=O)C(NC(=O)Cc1ccc(N2CCCC2=O)cc1)c1ccc(F)c(F)c1. The van der Waals surface area contributed by atoms with E-state index in [0.717, 1.165) is 24.2 Å². The fourth-order valence-electron chi connectivity index (χ4n) is 3.25. The number of likely N-dealkylation sites (N-methyl/N-ethyl adjacent to an activating group) is 1. The standard InChI is InChI=1S/C21H21F2N3O3/c1-24-21(29)20(14-6-9-16(22)17(23)12-14)25-18(27)11-13-4-7-15(8-5-13)26-10-2-3-19(26)28/h4-9,12,20H,2-3,10-11H2,1H3,(H,24,29)(H,25,27). The first-order chi connectivity index (χ1) is 13.9. The van der Waals surface area contributed by atoms with Crippen molar-refractivity contribution in [2.45, 2.75) is 25.3 Å². The van der Waals surface area contributed by atoms with E-state index in [9.17, 15) is 23.2 Å². The molecule has 0 bridgehead atoms. The molecule has 2 aromatic carbocycles. The number of hydrogen-bond donors (Lipinski definition) is 2. The van der Waals surface area contributed by atoms with Gasteiger partial charge in [-0.05, 0) is 41.8 Å². The van der Waals surface area contributed by atoms with E-state index in [4.69, 9.17) is 0 Å². The summed E-state index contributed by atoms with van der Waals surface area (Å²) in [6.45, 7) is 0.681. The minimum absolute atomic E-state index is 0.00853. The molecule has 0 radical (unpaired) electrons. The third-order valence-electron chi connectivity index (χ3n) is 4.78. The first kappa shape index (κ1) is 20.4. The first-order valence-electron chi connectivity index (χ1n) is 9.24. The maximum atomic E-state index is 13.5. The van der Waals surface area contributed by atoms with Crippen molar-refractivity contribution < 1.29 is 23.2 Å². The second-order valence-electron chi connectivity index (χ2n) is 6.78. The van der Waals surface area contributed by atoms with Gasteiger partial charge in [-0.1, -0.05) is 18.2 Å². The van der Waals surface area contributed by atoms with Gasteiger partial charge in [0, 0.05) is 25.7 Å². The Morgan fingerprint density at radius 3 is 2.41 bits per heavy atom. The maximum absolute atomic E-state index is 13.5. The number of amides is 3. The summed E-state index contributed by atoms with van der Waals surface area (Å²) in [6, 6.07) is 8.93. The molecule has 3 amide bonds. The van der Waals surface area contributed by atoms with Crippen molar-refractivity contribution in [1.29, 1.82) is 0 Å². The highest BCUT2D eigenvalue weighted by Gasteiger charge is 2.24. The smallest absolute Gasteiger partial charge is 0.246 e. The van der Waals surface area contributed by atoms with Gasteiger partial charge in [-0.15, -0.1) is 0 Å². The van der Waals surface area contributed by atoms with Crippen LogP contribution in [0.4, 0.5) is 14.5 Å². The van der Waals surface area contributed by atoms with Crippen molar-refractivity contribution in [3.8, 4) is 0 Å². The first-order valence-corrected chi connectivity index (χ1v) is 9.24. The van der Waals surface area contributed by atoms with Crippen LogP contribution in [0.5, 0.6) is 0 Å². The molecule has 1 atom stereocenters. The summed E-state index contributed by atoms with van der Waals surface area (Å²) in [5.74, 6) is -3.05. The minimum Gasteiger partial charge on any atom is -0.357 e. The van der Waals surface area contributed by atoms with E-state index in [1.165, 1.54) is 13.1 Å². The van der Waals surface area contributed by atoms with Gasteiger partial charge in [-0.2, -0.15) is 0 Å². The highest BCUT2D eigenvalue weighted by atomic mass is 19.2. The van der Waals surface area contributed by atoms with Gasteiger partial charge in [-0.3, -0.25) is 14.4 Å². The Labute approximate surface area is 166 Å². The average molecular weight is 401 g/mol. The lowest BCUT2D eigenvalue weighted by Crippen LogP contribution is -2.39. The molecule has 29 heavy (non-hydrogen) atoms. The fraction of sp³-hybridized carbons (Fsp3) is 0.286. The second kappa shape index (κ2) is 8.81. The van der Waals surface area contributed by atoms with Gasteiger partial charge >= 0.3 is 0 Å². The molecule has 8 heteroatoms. The van der Waals surface area contributed by atoms with Crippen molar-refractivity contribution >= 4 is 23.4 Å². The molecule has 2 N–H and O–H groups in total. The average Bonchev–Trinajstić information content (AvgIpc) is 3.14. The molecule has 152 valence electrons. The minimum atomic E-state index is -1.15. The van der Waals surface area contributed by atoms with E-state index in [2.05, 4.69) is 10.6 Å². The van der Waals surface area contributed by atoms with Crippen molar-refractivity contribution in [3.63, 3.8) is 0 Å². The highest BCUT2D eigenvalue weighted by Crippen LogP contribution is 2.22. The zero-order chi connectivity index (χ0) is 21.0. The Balaban J connectivity index is 1.69. The number of nitrogens with zero attached hydrogens (tertiary/aromatic N) is 1. The molecule has 1 saturated heterocycles. The van der Waals surface area contributed by atoms with E-state index in [1.807, 2.05) is 0 Å². The Bertz CT molecular complexity index is 931. The predicted octanol–water partition coefficient (Wildman–Crippen LogP) is 2.24. The molecule has 1 fully saturated rings. The molecule has 1 aliphatic rings. The molecule has 0 aliphatic carbocycles. The lowest BCUT2D eigenvalue weighted by Gasteiger charge is -2.18. The van der Waals surface area contributed by atoms with Crippen molar-refractivity contribution in [3.05, 3.63) is 65.2 Å². The molecule has 1 heterocycles. The Kier molecular flexibility index (Phi) is 6.21. The van der Waals surface area contributed by atoms with Crippen LogP contribution in [-0.4, -0.2) is 31.3 Å². The zero-order valence-corrected chi connectivity index (χ0v) is 15.9. The van der Waals surface area contributed by atoms with Gasteiger partial charge in [0.15, 0.2) is 11.6 Å². The molecule has 0 saturated carbocycles. The largest absolute Gasteiger partial charge is 0.357 e. The number of anilines is 1. The number of carbonyl (C=O) groups is 3. The predicted molar refractivity (Wildman–Crippen MR) is 103 cm³/mol. The summed E-state index contributed by atoms with van der Waals surface area (Å²) in [5.41, 5.74) is 1.61. The molecule has 3 rings (SSSR count). The monoisotopic (exact) mass is 401 g/mol. The van der Waals surface area contributed by atoms with E-state index < -0.39 is 29.5 Å².